The zero-order valence-corrected chi connectivity index (χ0v) is 15.7. The van der Waals surface area contributed by atoms with E-state index < -0.39 is 5.72 Å². The number of esters is 1. The highest BCUT2D eigenvalue weighted by Crippen LogP contribution is 2.33. The average molecular weight is 423 g/mol. The minimum absolute atomic E-state index is 0. The third kappa shape index (κ3) is 4.09. The Hall–Kier alpha value is -2.29. The lowest BCUT2D eigenvalue weighted by Gasteiger charge is -2.23. The molecule has 1 aliphatic rings. The molecule has 1 aliphatic heterocycles. The summed E-state index contributed by atoms with van der Waals surface area (Å²) in [5.74, 6) is -0.707. The first-order chi connectivity index (χ1) is 12.0. The molecule has 0 radical (unpaired) electrons. The number of nitrogens with zero attached hydrogens (tertiary/aromatic N) is 1. The van der Waals surface area contributed by atoms with Gasteiger partial charge in [0.05, 0.1) is 6.61 Å². The van der Waals surface area contributed by atoms with E-state index in [9.17, 15) is 14.7 Å². The molecule has 2 N–H and O–H groups in total. The van der Waals surface area contributed by atoms with Crippen molar-refractivity contribution in [3.63, 3.8) is 0 Å². The minimum Gasteiger partial charge on any atom is -1.00 e. The van der Waals surface area contributed by atoms with Crippen LogP contribution in [0.15, 0.2) is 48.8 Å². The number of carbonyl (C=O) groups excluding carboxylic acids is 2. The van der Waals surface area contributed by atoms with Gasteiger partial charge in [-0.05, 0) is 0 Å². The molecule has 8 heteroatoms. The molecule has 2 heterocycles. The van der Waals surface area contributed by atoms with Gasteiger partial charge in [-0.15, -0.1) is 0 Å². The maximum absolute atomic E-state index is 12.3. The lowest BCUT2D eigenvalue weighted by Crippen LogP contribution is -3.00. The van der Waals surface area contributed by atoms with E-state index in [4.69, 9.17) is 9.47 Å². The number of aliphatic hydroxyl groups is 1. The van der Waals surface area contributed by atoms with E-state index in [0.29, 0.717) is 16.7 Å². The number of halogens is 1. The van der Waals surface area contributed by atoms with Crippen molar-refractivity contribution >= 4 is 11.9 Å². The highest BCUT2D eigenvalue weighted by atomic mass is 79.9. The number of nitrogens with one attached hydrogen (secondary N) is 1. The predicted molar refractivity (Wildman–Crippen MR) is 86.1 cm³/mol. The lowest BCUT2D eigenvalue weighted by molar-refractivity contribution is -0.732. The normalized spacial score (nSPS) is 17.8. The topological polar surface area (TPSA) is 88.7 Å². The second kappa shape index (κ2) is 8.39. The highest BCUT2D eigenvalue weighted by Gasteiger charge is 2.44. The van der Waals surface area contributed by atoms with Crippen molar-refractivity contribution in [3.8, 4) is 0 Å². The van der Waals surface area contributed by atoms with Gasteiger partial charge in [0.1, 0.15) is 12.2 Å². The third-order valence-corrected chi connectivity index (χ3v) is 3.91. The molecule has 7 nitrogen and oxygen atoms in total. The molecule has 1 atom stereocenters. The summed E-state index contributed by atoms with van der Waals surface area (Å²) < 4.78 is 11.9. The predicted octanol–water partition coefficient (Wildman–Crippen LogP) is -2.55. The molecule has 26 heavy (non-hydrogen) atoms. The fourth-order valence-corrected chi connectivity index (χ4v) is 2.74. The number of aromatic nitrogens is 1. The summed E-state index contributed by atoms with van der Waals surface area (Å²) in [7, 11) is 0. The van der Waals surface area contributed by atoms with Crippen LogP contribution in [0.2, 0.25) is 0 Å². The van der Waals surface area contributed by atoms with Gasteiger partial charge in [0, 0.05) is 24.1 Å². The molecule has 0 bridgehead atoms. The molecule has 0 saturated carbocycles. The summed E-state index contributed by atoms with van der Waals surface area (Å²) in [4.78, 5) is 22.9. The van der Waals surface area contributed by atoms with Gasteiger partial charge in [-0.3, -0.25) is 9.59 Å². The fraction of sp³-hybridized carbons (Fsp3) is 0.278. The van der Waals surface area contributed by atoms with Gasteiger partial charge in [0.25, 0.3) is 12.6 Å². The van der Waals surface area contributed by atoms with Gasteiger partial charge in [-0.1, -0.05) is 30.3 Å². The van der Waals surface area contributed by atoms with Gasteiger partial charge in [-0.2, -0.15) is 4.57 Å². The van der Waals surface area contributed by atoms with Crippen molar-refractivity contribution in [1.82, 2.24) is 5.32 Å². The SMILES string of the molecule is CC(=O)OCCOC[n+]1ccc2c(c1)C(=O)NC2(O)c1ccccc1.[Br-]. The van der Waals surface area contributed by atoms with E-state index in [0.717, 1.165) is 0 Å². The van der Waals surface area contributed by atoms with Crippen LogP contribution in [0.25, 0.3) is 0 Å². The molecule has 138 valence electrons. The summed E-state index contributed by atoms with van der Waals surface area (Å²) in [5.41, 5.74) is -0.0575. The number of benzene rings is 1. The fourth-order valence-electron chi connectivity index (χ4n) is 2.74. The van der Waals surface area contributed by atoms with E-state index >= 15 is 0 Å². The number of pyridine rings is 1. The summed E-state index contributed by atoms with van der Waals surface area (Å²) in [5, 5.41) is 13.6. The lowest BCUT2D eigenvalue weighted by atomic mass is 9.96. The smallest absolute Gasteiger partial charge is 0.302 e. The Labute approximate surface area is 161 Å². The van der Waals surface area contributed by atoms with Gasteiger partial charge in [0.15, 0.2) is 18.1 Å². The standard InChI is InChI=1S/C18H18N2O5.BrH/c1-13(21)25-10-9-24-12-20-8-7-16-15(11-20)17(22)19-18(16,23)14-5-3-2-4-6-14;/h2-8,11,23H,9-10,12H2,1H3;1H. The van der Waals surface area contributed by atoms with Crippen LogP contribution >= 0.6 is 0 Å². The van der Waals surface area contributed by atoms with Crippen molar-refractivity contribution < 1.29 is 45.7 Å². The molecule has 0 aliphatic carbocycles. The van der Waals surface area contributed by atoms with Crippen LogP contribution in [-0.2, 0) is 26.7 Å². The van der Waals surface area contributed by atoms with Gasteiger partial charge < -0.3 is 36.9 Å². The number of amides is 1. The molecule has 0 fully saturated rings. The second-order valence-corrected chi connectivity index (χ2v) is 5.69. The maximum atomic E-state index is 12.3. The molecular weight excluding hydrogens is 404 g/mol. The summed E-state index contributed by atoms with van der Waals surface area (Å²) in [6, 6.07) is 10.7. The van der Waals surface area contributed by atoms with E-state index in [1.807, 2.05) is 6.07 Å². The average Bonchev–Trinajstić information content (AvgIpc) is 2.87. The Morgan fingerprint density at radius 2 is 1.96 bits per heavy atom. The van der Waals surface area contributed by atoms with Crippen molar-refractivity contribution in [2.75, 3.05) is 13.2 Å². The summed E-state index contributed by atoms with van der Waals surface area (Å²) in [6.07, 6.45) is 3.34. The molecule has 1 amide bonds. The minimum atomic E-state index is -1.54. The van der Waals surface area contributed by atoms with E-state index in [2.05, 4.69) is 5.32 Å². The largest absolute Gasteiger partial charge is 1.00 e. The Morgan fingerprint density at radius 3 is 2.65 bits per heavy atom. The molecule has 1 unspecified atom stereocenters. The quantitative estimate of drug-likeness (QED) is 0.304. The van der Waals surface area contributed by atoms with Crippen LogP contribution in [0.4, 0.5) is 0 Å². The Kier molecular flexibility index (Phi) is 6.47. The van der Waals surface area contributed by atoms with Gasteiger partial charge in [-0.25, -0.2) is 0 Å². The van der Waals surface area contributed by atoms with E-state index in [-0.39, 0.29) is 48.8 Å². The van der Waals surface area contributed by atoms with Crippen LogP contribution in [-0.4, -0.2) is 30.2 Å². The van der Waals surface area contributed by atoms with Crippen LogP contribution < -0.4 is 26.9 Å². The third-order valence-electron chi connectivity index (χ3n) is 3.91. The van der Waals surface area contributed by atoms with Crippen LogP contribution in [0.3, 0.4) is 0 Å². The first kappa shape index (κ1) is 20.0. The molecule has 2 aromatic rings. The number of hydrogen-bond acceptors (Lipinski definition) is 5. The number of ether oxygens (including phenoxy) is 2. The van der Waals surface area contributed by atoms with E-state index in [1.54, 1.807) is 47.3 Å². The molecule has 1 aromatic carbocycles. The van der Waals surface area contributed by atoms with Crippen LogP contribution in [0.1, 0.15) is 28.4 Å². The highest BCUT2D eigenvalue weighted by molar-refractivity contribution is 5.99. The Bertz CT molecular complexity index is 799. The van der Waals surface area contributed by atoms with Crippen molar-refractivity contribution in [2.24, 2.45) is 0 Å². The monoisotopic (exact) mass is 422 g/mol. The zero-order valence-electron chi connectivity index (χ0n) is 14.1. The van der Waals surface area contributed by atoms with Gasteiger partial charge in [0.2, 0.25) is 0 Å². The number of rotatable bonds is 6. The first-order valence-corrected chi connectivity index (χ1v) is 7.86. The Morgan fingerprint density at radius 1 is 1.23 bits per heavy atom. The maximum Gasteiger partial charge on any atom is 0.302 e. The molecular formula is C18H19BrN2O5. The number of hydrogen-bond donors (Lipinski definition) is 2. The van der Waals surface area contributed by atoms with Gasteiger partial charge >= 0.3 is 5.97 Å². The molecule has 3 rings (SSSR count). The van der Waals surface area contributed by atoms with Crippen molar-refractivity contribution in [3.05, 3.63) is 65.5 Å². The number of carbonyl (C=O) groups is 2. The number of fused-ring (bicyclic) bond motifs is 1. The summed E-state index contributed by atoms with van der Waals surface area (Å²) in [6.45, 7) is 1.96. The van der Waals surface area contributed by atoms with Crippen molar-refractivity contribution in [1.29, 1.82) is 0 Å². The molecule has 0 saturated heterocycles. The Balaban J connectivity index is 0.00000243. The second-order valence-electron chi connectivity index (χ2n) is 5.69. The van der Waals surface area contributed by atoms with Crippen LogP contribution in [0.5, 0.6) is 0 Å². The summed E-state index contributed by atoms with van der Waals surface area (Å²) >= 11 is 0. The molecule has 0 spiro atoms. The van der Waals surface area contributed by atoms with Crippen molar-refractivity contribution in [2.45, 2.75) is 19.4 Å². The van der Waals surface area contributed by atoms with E-state index in [1.165, 1.54) is 6.92 Å². The first-order valence-electron chi connectivity index (χ1n) is 7.86. The zero-order chi connectivity index (χ0) is 17.9. The van der Waals surface area contributed by atoms with Crippen LogP contribution in [0, 0.1) is 0 Å². The molecule has 1 aromatic heterocycles.